The second-order valence-corrected chi connectivity index (χ2v) is 6.89. The van der Waals surface area contributed by atoms with E-state index in [1.54, 1.807) is 12.7 Å². The van der Waals surface area contributed by atoms with E-state index in [2.05, 4.69) is 10.1 Å². The van der Waals surface area contributed by atoms with E-state index in [1.807, 2.05) is 9.58 Å². The first-order chi connectivity index (χ1) is 10.2. The largest absolute Gasteiger partial charge is 0.340 e. The lowest BCUT2D eigenvalue weighted by atomic mass is 9.83. The summed E-state index contributed by atoms with van der Waals surface area (Å²) in [6, 6.07) is 0.350. The molecule has 2 saturated carbocycles. The van der Waals surface area contributed by atoms with Crippen LogP contribution in [0.25, 0.3) is 0 Å². The molecule has 2 N–H and O–H groups in total. The maximum absolute atomic E-state index is 12.9. The van der Waals surface area contributed by atoms with E-state index in [0.29, 0.717) is 17.7 Å². The van der Waals surface area contributed by atoms with Crippen molar-refractivity contribution in [2.45, 2.75) is 44.2 Å². The average Bonchev–Trinajstić information content (AvgIpc) is 3.24. The van der Waals surface area contributed by atoms with Crippen LogP contribution in [0.1, 0.15) is 38.1 Å². The van der Waals surface area contributed by atoms with Crippen LogP contribution in [0, 0.1) is 17.8 Å². The zero-order chi connectivity index (χ0) is 14.4. The molecule has 1 aliphatic heterocycles. The summed E-state index contributed by atoms with van der Waals surface area (Å²) in [6.45, 7) is 1.62. The quantitative estimate of drug-likeness (QED) is 0.874. The first-order valence-electron chi connectivity index (χ1n) is 8.12. The number of fused-ring (bicyclic) bond motifs is 2. The molecule has 1 aromatic rings. The lowest BCUT2D eigenvalue weighted by Crippen LogP contribution is -2.50. The van der Waals surface area contributed by atoms with Crippen LogP contribution in [-0.4, -0.2) is 44.7 Å². The van der Waals surface area contributed by atoms with Gasteiger partial charge in [-0.25, -0.2) is 9.67 Å². The number of hydrogen-bond acceptors (Lipinski definition) is 4. The third kappa shape index (κ3) is 2.16. The number of aromatic nitrogens is 3. The van der Waals surface area contributed by atoms with Gasteiger partial charge < -0.3 is 10.6 Å². The lowest BCUT2D eigenvalue weighted by Gasteiger charge is -2.37. The Kier molecular flexibility index (Phi) is 3.21. The van der Waals surface area contributed by atoms with Crippen LogP contribution >= 0.6 is 0 Å². The fourth-order valence-electron chi connectivity index (χ4n) is 4.69. The number of carbonyl (C=O) groups excluding carboxylic acids is 1. The topological polar surface area (TPSA) is 77.0 Å². The molecule has 21 heavy (non-hydrogen) atoms. The maximum Gasteiger partial charge on any atom is 0.227 e. The van der Waals surface area contributed by atoms with Crippen molar-refractivity contribution in [1.82, 2.24) is 19.7 Å². The van der Waals surface area contributed by atoms with Gasteiger partial charge in [0, 0.05) is 19.1 Å². The molecule has 3 aliphatic rings. The summed E-state index contributed by atoms with van der Waals surface area (Å²) >= 11 is 0. The Balaban J connectivity index is 1.47. The van der Waals surface area contributed by atoms with Crippen molar-refractivity contribution in [2.24, 2.45) is 23.5 Å². The normalized spacial score (nSPS) is 38.9. The highest BCUT2D eigenvalue weighted by Crippen LogP contribution is 2.48. The van der Waals surface area contributed by atoms with Crippen LogP contribution in [0.15, 0.2) is 12.7 Å². The SMILES string of the molecule is NC1C2CCC(C2)C1C(=O)N1CCCC(n2cncn2)C1. The Hall–Kier alpha value is -1.43. The minimum absolute atomic E-state index is 0.0678. The van der Waals surface area contributed by atoms with Gasteiger partial charge in [-0.2, -0.15) is 5.10 Å². The molecule has 1 aromatic heterocycles. The number of hydrogen-bond donors (Lipinski definition) is 1. The summed E-state index contributed by atoms with van der Waals surface area (Å²) < 4.78 is 1.89. The van der Waals surface area contributed by atoms with Crippen molar-refractivity contribution in [1.29, 1.82) is 0 Å². The van der Waals surface area contributed by atoms with E-state index >= 15 is 0 Å². The molecular formula is C15H23N5O. The molecule has 5 atom stereocenters. The van der Waals surface area contributed by atoms with Crippen molar-refractivity contribution in [3.8, 4) is 0 Å². The summed E-state index contributed by atoms with van der Waals surface area (Å²) in [5.74, 6) is 1.47. The number of rotatable bonds is 2. The molecule has 1 saturated heterocycles. The highest BCUT2D eigenvalue weighted by atomic mass is 16.2. The third-order valence-corrected chi connectivity index (χ3v) is 5.78. The second kappa shape index (κ2) is 5.09. The predicted molar refractivity (Wildman–Crippen MR) is 77.2 cm³/mol. The summed E-state index contributed by atoms with van der Waals surface area (Å²) in [6.07, 6.45) is 8.99. The first-order valence-corrected chi connectivity index (χ1v) is 8.12. The van der Waals surface area contributed by atoms with E-state index < -0.39 is 0 Å². The van der Waals surface area contributed by atoms with E-state index in [9.17, 15) is 4.79 Å². The summed E-state index contributed by atoms with van der Waals surface area (Å²) in [5.41, 5.74) is 6.33. The van der Waals surface area contributed by atoms with Gasteiger partial charge in [0.05, 0.1) is 12.0 Å². The van der Waals surface area contributed by atoms with Gasteiger partial charge in [-0.15, -0.1) is 0 Å². The molecule has 0 radical (unpaired) electrons. The second-order valence-electron chi connectivity index (χ2n) is 6.89. The Morgan fingerprint density at radius 3 is 2.81 bits per heavy atom. The molecule has 6 heteroatoms. The minimum atomic E-state index is 0.0678. The zero-order valence-electron chi connectivity index (χ0n) is 12.3. The summed E-state index contributed by atoms with van der Waals surface area (Å²) in [5, 5.41) is 4.23. The average molecular weight is 289 g/mol. The van der Waals surface area contributed by atoms with Crippen LogP contribution < -0.4 is 5.73 Å². The van der Waals surface area contributed by atoms with Crippen molar-refractivity contribution in [3.05, 3.63) is 12.7 Å². The number of likely N-dealkylation sites (tertiary alicyclic amines) is 1. The van der Waals surface area contributed by atoms with Gasteiger partial charge in [0.1, 0.15) is 12.7 Å². The predicted octanol–water partition coefficient (Wildman–Crippen LogP) is 0.815. The van der Waals surface area contributed by atoms with Crippen LogP contribution in [-0.2, 0) is 4.79 Å². The molecule has 5 unspecified atom stereocenters. The van der Waals surface area contributed by atoms with Gasteiger partial charge >= 0.3 is 0 Å². The molecule has 4 rings (SSSR count). The van der Waals surface area contributed by atoms with Gasteiger partial charge in [0.25, 0.3) is 0 Å². The van der Waals surface area contributed by atoms with E-state index in [4.69, 9.17) is 5.73 Å². The fraction of sp³-hybridized carbons (Fsp3) is 0.800. The van der Waals surface area contributed by atoms with Gasteiger partial charge in [0.15, 0.2) is 0 Å². The van der Waals surface area contributed by atoms with Gasteiger partial charge in [0.2, 0.25) is 5.91 Å². The Morgan fingerprint density at radius 2 is 2.10 bits per heavy atom. The highest BCUT2D eigenvalue weighted by Gasteiger charge is 2.50. The highest BCUT2D eigenvalue weighted by molar-refractivity contribution is 5.80. The van der Waals surface area contributed by atoms with Crippen molar-refractivity contribution >= 4 is 5.91 Å². The van der Waals surface area contributed by atoms with Gasteiger partial charge in [-0.1, -0.05) is 0 Å². The summed E-state index contributed by atoms with van der Waals surface area (Å²) in [4.78, 5) is 19.0. The molecule has 6 nitrogen and oxygen atoms in total. The fourth-order valence-corrected chi connectivity index (χ4v) is 4.69. The number of piperidine rings is 1. The molecule has 2 aliphatic carbocycles. The van der Waals surface area contributed by atoms with Crippen LogP contribution in [0.3, 0.4) is 0 Å². The van der Waals surface area contributed by atoms with Crippen molar-refractivity contribution < 1.29 is 4.79 Å². The molecule has 2 heterocycles. The van der Waals surface area contributed by atoms with Crippen LogP contribution in [0.5, 0.6) is 0 Å². The van der Waals surface area contributed by atoms with Crippen molar-refractivity contribution in [2.75, 3.05) is 13.1 Å². The molecule has 3 fully saturated rings. The van der Waals surface area contributed by atoms with E-state index in [0.717, 1.165) is 32.4 Å². The van der Waals surface area contributed by atoms with E-state index in [-0.39, 0.29) is 18.0 Å². The lowest BCUT2D eigenvalue weighted by molar-refractivity contribution is -0.139. The summed E-state index contributed by atoms with van der Waals surface area (Å²) in [7, 11) is 0. The molecule has 114 valence electrons. The molecule has 2 bridgehead atoms. The maximum atomic E-state index is 12.9. The van der Waals surface area contributed by atoms with Crippen LogP contribution in [0.4, 0.5) is 0 Å². The molecular weight excluding hydrogens is 266 g/mol. The van der Waals surface area contributed by atoms with Crippen molar-refractivity contribution in [3.63, 3.8) is 0 Å². The monoisotopic (exact) mass is 289 g/mol. The van der Waals surface area contributed by atoms with Crippen LogP contribution in [0.2, 0.25) is 0 Å². The molecule has 1 amide bonds. The number of amides is 1. The van der Waals surface area contributed by atoms with E-state index in [1.165, 1.54) is 12.8 Å². The number of nitrogens with zero attached hydrogens (tertiary/aromatic N) is 4. The Bertz CT molecular complexity index is 514. The standard InChI is InChI=1S/C15H23N5O/c16-14-11-4-3-10(6-11)13(14)15(21)19-5-1-2-12(7-19)20-9-17-8-18-20/h8-14H,1-7,16H2. The molecule has 0 spiro atoms. The first kappa shape index (κ1) is 13.2. The number of nitrogens with two attached hydrogens (primary N) is 1. The Labute approximate surface area is 124 Å². The molecule has 0 aromatic carbocycles. The Morgan fingerprint density at radius 1 is 1.24 bits per heavy atom. The minimum Gasteiger partial charge on any atom is -0.340 e. The number of carbonyl (C=O) groups is 1. The zero-order valence-corrected chi connectivity index (χ0v) is 12.3. The smallest absolute Gasteiger partial charge is 0.227 e. The van der Waals surface area contributed by atoms with Gasteiger partial charge in [-0.3, -0.25) is 4.79 Å². The third-order valence-electron chi connectivity index (χ3n) is 5.78. The van der Waals surface area contributed by atoms with Gasteiger partial charge in [-0.05, 0) is 43.9 Å².